The number of aryl methyl sites for hydroxylation is 2. The van der Waals surface area contributed by atoms with Crippen LogP contribution in [-0.2, 0) is 13.5 Å². The van der Waals surface area contributed by atoms with Gasteiger partial charge >= 0.3 is 5.69 Å². The fourth-order valence-corrected chi connectivity index (χ4v) is 1.09. The van der Waals surface area contributed by atoms with Gasteiger partial charge in [-0.1, -0.05) is 6.92 Å². The normalized spacial score (nSPS) is 10.1. The number of rotatable bonds is 3. The van der Waals surface area contributed by atoms with Crippen LogP contribution in [0.4, 0.5) is 0 Å². The summed E-state index contributed by atoms with van der Waals surface area (Å²) in [7, 11) is 1.68. The molecule has 0 bridgehead atoms. The second-order valence-corrected chi connectivity index (χ2v) is 2.75. The molecule has 1 rings (SSSR count). The minimum atomic E-state index is -0.277. The van der Waals surface area contributed by atoms with E-state index in [0.29, 0.717) is 12.5 Å². The maximum Gasteiger partial charge on any atom is 0.350 e. The van der Waals surface area contributed by atoms with Gasteiger partial charge in [-0.2, -0.15) is 4.98 Å². The SMILES string of the molecule is CCOc1nc(=O)n(C)cc1CC. The van der Waals surface area contributed by atoms with Crippen molar-refractivity contribution in [2.45, 2.75) is 20.3 Å². The number of aromatic nitrogens is 2. The van der Waals surface area contributed by atoms with Crippen LogP contribution in [0.2, 0.25) is 0 Å². The highest BCUT2D eigenvalue weighted by molar-refractivity contribution is 5.22. The quantitative estimate of drug-likeness (QED) is 0.692. The Bertz CT molecular complexity index is 344. The monoisotopic (exact) mass is 182 g/mol. The Hall–Kier alpha value is -1.32. The summed E-state index contributed by atoms with van der Waals surface area (Å²) in [5, 5.41) is 0. The number of nitrogens with zero attached hydrogens (tertiary/aromatic N) is 2. The van der Waals surface area contributed by atoms with E-state index in [9.17, 15) is 4.79 Å². The van der Waals surface area contributed by atoms with E-state index < -0.39 is 0 Å². The molecule has 1 aromatic heterocycles. The Morgan fingerprint density at radius 2 is 2.23 bits per heavy atom. The third-order valence-corrected chi connectivity index (χ3v) is 1.79. The Morgan fingerprint density at radius 3 is 2.77 bits per heavy atom. The van der Waals surface area contributed by atoms with E-state index in [0.717, 1.165) is 12.0 Å². The van der Waals surface area contributed by atoms with Gasteiger partial charge in [-0.05, 0) is 13.3 Å². The van der Waals surface area contributed by atoms with E-state index in [2.05, 4.69) is 4.98 Å². The zero-order valence-electron chi connectivity index (χ0n) is 8.20. The maximum absolute atomic E-state index is 11.2. The predicted molar refractivity (Wildman–Crippen MR) is 50.0 cm³/mol. The van der Waals surface area contributed by atoms with Crippen molar-refractivity contribution in [1.82, 2.24) is 9.55 Å². The Morgan fingerprint density at radius 1 is 1.54 bits per heavy atom. The summed E-state index contributed by atoms with van der Waals surface area (Å²) in [6, 6.07) is 0. The topological polar surface area (TPSA) is 44.1 Å². The Balaban J connectivity index is 3.16. The van der Waals surface area contributed by atoms with Gasteiger partial charge in [0.2, 0.25) is 5.88 Å². The minimum absolute atomic E-state index is 0.277. The molecule has 0 N–H and O–H groups in total. The molecule has 0 aromatic carbocycles. The lowest BCUT2D eigenvalue weighted by atomic mass is 10.2. The maximum atomic E-state index is 11.2. The summed E-state index contributed by atoms with van der Waals surface area (Å²) < 4.78 is 6.70. The van der Waals surface area contributed by atoms with Crippen LogP contribution in [0.1, 0.15) is 19.4 Å². The molecule has 0 saturated heterocycles. The summed E-state index contributed by atoms with van der Waals surface area (Å²) in [6.45, 7) is 4.41. The van der Waals surface area contributed by atoms with Gasteiger partial charge in [0, 0.05) is 18.8 Å². The van der Waals surface area contributed by atoms with E-state index in [4.69, 9.17) is 4.74 Å². The second kappa shape index (κ2) is 4.07. The van der Waals surface area contributed by atoms with Gasteiger partial charge in [-0.15, -0.1) is 0 Å². The highest BCUT2D eigenvalue weighted by Gasteiger charge is 2.05. The molecule has 0 amide bonds. The lowest BCUT2D eigenvalue weighted by Crippen LogP contribution is -2.21. The third kappa shape index (κ3) is 2.08. The first kappa shape index (κ1) is 9.77. The molecule has 72 valence electrons. The van der Waals surface area contributed by atoms with Crippen molar-refractivity contribution in [3.8, 4) is 5.88 Å². The van der Waals surface area contributed by atoms with E-state index >= 15 is 0 Å². The smallest absolute Gasteiger partial charge is 0.350 e. The first-order chi connectivity index (χ1) is 6.19. The van der Waals surface area contributed by atoms with E-state index in [-0.39, 0.29) is 5.69 Å². The Kier molecular flexibility index (Phi) is 3.06. The van der Waals surface area contributed by atoms with E-state index in [1.54, 1.807) is 13.2 Å². The molecule has 0 spiro atoms. The minimum Gasteiger partial charge on any atom is -0.478 e. The van der Waals surface area contributed by atoms with Crippen LogP contribution in [0.5, 0.6) is 5.88 Å². The molecule has 4 heteroatoms. The summed E-state index contributed by atoms with van der Waals surface area (Å²) in [4.78, 5) is 15.0. The predicted octanol–water partition coefficient (Wildman–Crippen LogP) is 0.741. The molecule has 0 saturated carbocycles. The summed E-state index contributed by atoms with van der Waals surface area (Å²) in [5.74, 6) is 0.466. The van der Waals surface area contributed by atoms with Crippen LogP contribution < -0.4 is 10.4 Å². The molecule has 0 atom stereocenters. The molecule has 0 radical (unpaired) electrons. The largest absolute Gasteiger partial charge is 0.478 e. The molecule has 0 fully saturated rings. The highest BCUT2D eigenvalue weighted by atomic mass is 16.5. The second-order valence-electron chi connectivity index (χ2n) is 2.75. The van der Waals surface area contributed by atoms with Gasteiger partial charge < -0.3 is 9.30 Å². The van der Waals surface area contributed by atoms with Crippen molar-refractivity contribution in [3.63, 3.8) is 0 Å². The molecule has 0 aliphatic carbocycles. The first-order valence-corrected chi connectivity index (χ1v) is 4.38. The van der Waals surface area contributed by atoms with Crippen molar-refractivity contribution in [2.75, 3.05) is 6.61 Å². The molecule has 0 aliphatic heterocycles. The first-order valence-electron chi connectivity index (χ1n) is 4.38. The lowest BCUT2D eigenvalue weighted by Gasteiger charge is -2.07. The third-order valence-electron chi connectivity index (χ3n) is 1.79. The number of ether oxygens (including phenoxy) is 1. The van der Waals surface area contributed by atoms with Crippen LogP contribution in [0.15, 0.2) is 11.0 Å². The van der Waals surface area contributed by atoms with E-state index in [1.807, 2.05) is 13.8 Å². The molecule has 13 heavy (non-hydrogen) atoms. The highest BCUT2D eigenvalue weighted by Crippen LogP contribution is 2.12. The molecular formula is C9H14N2O2. The number of hydrogen-bond donors (Lipinski definition) is 0. The van der Waals surface area contributed by atoms with Gasteiger partial charge in [0.05, 0.1) is 6.61 Å². The molecule has 0 unspecified atom stereocenters. The van der Waals surface area contributed by atoms with Crippen molar-refractivity contribution in [2.24, 2.45) is 7.05 Å². The molecule has 4 nitrogen and oxygen atoms in total. The van der Waals surface area contributed by atoms with Crippen LogP contribution in [-0.4, -0.2) is 16.2 Å². The van der Waals surface area contributed by atoms with Gasteiger partial charge in [0.1, 0.15) is 0 Å². The fourth-order valence-electron chi connectivity index (χ4n) is 1.09. The molecular weight excluding hydrogens is 168 g/mol. The molecule has 1 heterocycles. The van der Waals surface area contributed by atoms with Gasteiger partial charge in [-0.25, -0.2) is 4.79 Å². The van der Waals surface area contributed by atoms with E-state index in [1.165, 1.54) is 4.57 Å². The number of hydrogen-bond acceptors (Lipinski definition) is 3. The average molecular weight is 182 g/mol. The van der Waals surface area contributed by atoms with Crippen LogP contribution in [0, 0.1) is 0 Å². The summed E-state index contributed by atoms with van der Waals surface area (Å²) in [5.41, 5.74) is 0.685. The lowest BCUT2D eigenvalue weighted by molar-refractivity contribution is 0.320. The van der Waals surface area contributed by atoms with Crippen molar-refractivity contribution < 1.29 is 4.74 Å². The zero-order chi connectivity index (χ0) is 9.84. The van der Waals surface area contributed by atoms with Crippen molar-refractivity contribution in [3.05, 3.63) is 22.2 Å². The molecule has 0 aliphatic rings. The summed E-state index contributed by atoms with van der Waals surface area (Å²) in [6.07, 6.45) is 2.58. The Labute approximate surface area is 77.2 Å². The van der Waals surface area contributed by atoms with Crippen molar-refractivity contribution >= 4 is 0 Å². The average Bonchev–Trinajstić information content (AvgIpc) is 2.11. The van der Waals surface area contributed by atoms with Gasteiger partial charge in [-0.3, -0.25) is 0 Å². The summed E-state index contributed by atoms with van der Waals surface area (Å²) >= 11 is 0. The van der Waals surface area contributed by atoms with Crippen LogP contribution in [0.25, 0.3) is 0 Å². The standard InChI is InChI=1S/C9H14N2O2/c1-4-7-6-11(3)9(12)10-8(7)13-5-2/h6H,4-5H2,1-3H3. The molecule has 1 aromatic rings. The van der Waals surface area contributed by atoms with Gasteiger partial charge in [0.25, 0.3) is 0 Å². The van der Waals surface area contributed by atoms with Crippen LogP contribution >= 0.6 is 0 Å². The van der Waals surface area contributed by atoms with Crippen molar-refractivity contribution in [1.29, 1.82) is 0 Å². The van der Waals surface area contributed by atoms with Crippen LogP contribution in [0.3, 0.4) is 0 Å². The fraction of sp³-hybridized carbons (Fsp3) is 0.556. The zero-order valence-corrected chi connectivity index (χ0v) is 8.20. The van der Waals surface area contributed by atoms with Gasteiger partial charge in [0.15, 0.2) is 0 Å².